The first-order valence-electron chi connectivity index (χ1n) is 9.91. The normalized spacial score (nSPS) is 15.7. The molecule has 0 bridgehead atoms. The SMILES string of the molecule is N#Cc1ccc(Cc2ncc(CN(C(=O)c3cccc(Cl)c3)C3CCNC3)[nH]2)cc1. The lowest BCUT2D eigenvalue weighted by molar-refractivity contribution is 0.0673. The molecule has 2 N–H and O–H groups in total. The van der Waals surface area contributed by atoms with Crippen LogP contribution in [0.15, 0.2) is 54.7 Å². The zero-order valence-corrected chi connectivity index (χ0v) is 17.2. The Morgan fingerprint density at radius 2 is 2.10 bits per heavy atom. The molecule has 0 spiro atoms. The fraction of sp³-hybridized carbons (Fsp3) is 0.261. The quantitative estimate of drug-likeness (QED) is 0.640. The lowest BCUT2D eigenvalue weighted by atomic mass is 10.1. The molecule has 1 fully saturated rings. The second-order valence-corrected chi connectivity index (χ2v) is 7.87. The van der Waals surface area contributed by atoms with E-state index in [1.54, 1.807) is 42.6 Å². The molecule has 0 aliphatic carbocycles. The van der Waals surface area contributed by atoms with E-state index < -0.39 is 0 Å². The minimum Gasteiger partial charge on any atom is -0.344 e. The van der Waals surface area contributed by atoms with Gasteiger partial charge in [0.05, 0.1) is 30.1 Å². The minimum absolute atomic E-state index is 0.0329. The van der Waals surface area contributed by atoms with Crippen LogP contribution >= 0.6 is 11.6 Å². The first kappa shape index (κ1) is 20.1. The van der Waals surface area contributed by atoms with Crippen LogP contribution in [-0.2, 0) is 13.0 Å². The number of aromatic nitrogens is 2. The molecule has 7 heteroatoms. The molecular formula is C23H22ClN5O. The molecule has 2 heterocycles. The van der Waals surface area contributed by atoms with Crippen molar-refractivity contribution in [2.24, 2.45) is 0 Å². The Hall–Kier alpha value is -3.14. The highest BCUT2D eigenvalue weighted by Crippen LogP contribution is 2.19. The topological polar surface area (TPSA) is 84.8 Å². The summed E-state index contributed by atoms with van der Waals surface area (Å²) in [4.78, 5) is 22.9. The molecule has 1 aliphatic rings. The van der Waals surface area contributed by atoms with E-state index in [4.69, 9.17) is 16.9 Å². The van der Waals surface area contributed by atoms with Crippen LogP contribution in [0, 0.1) is 11.3 Å². The Bertz CT molecular complexity index is 1060. The number of amides is 1. The summed E-state index contributed by atoms with van der Waals surface area (Å²) in [5.41, 5.74) is 3.19. The maximum Gasteiger partial charge on any atom is 0.254 e. The van der Waals surface area contributed by atoms with Crippen molar-refractivity contribution in [1.82, 2.24) is 20.2 Å². The highest BCUT2D eigenvalue weighted by Gasteiger charge is 2.28. The molecule has 1 amide bonds. The third-order valence-corrected chi connectivity index (χ3v) is 5.52. The van der Waals surface area contributed by atoms with Crippen LogP contribution in [0.3, 0.4) is 0 Å². The van der Waals surface area contributed by atoms with E-state index in [0.29, 0.717) is 29.1 Å². The number of carbonyl (C=O) groups excluding carboxylic acids is 1. The molecule has 4 rings (SSSR count). The van der Waals surface area contributed by atoms with Crippen molar-refractivity contribution in [3.05, 3.63) is 88.0 Å². The van der Waals surface area contributed by atoms with Crippen LogP contribution in [0.2, 0.25) is 5.02 Å². The van der Waals surface area contributed by atoms with Crippen molar-refractivity contribution in [1.29, 1.82) is 5.26 Å². The molecule has 3 aromatic rings. The molecule has 30 heavy (non-hydrogen) atoms. The second kappa shape index (κ2) is 9.12. The van der Waals surface area contributed by atoms with E-state index in [2.05, 4.69) is 21.4 Å². The van der Waals surface area contributed by atoms with Gasteiger partial charge in [-0.1, -0.05) is 29.8 Å². The van der Waals surface area contributed by atoms with Crippen LogP contribution in [0.4, 0.5) is 0 Å². The number of hydrogen-bond donors (Lipinski definition) is 2. The molecular weight excluding hydrogens is 398 g/mol. The summed E-state index contributed by atoms with van der Waals surface area (Å²) in [6.07, 6.45) is 3.34. The van der Waals surface area contributed by atoms with Crippen molar-refractivity contribution in [2.75, 3.05) is 13.1 Å². The van der Waals surface area contributed by atoms with Gasteiger partial charge in [-0.25, -0.2) is 4.98 Å². The van der Waals surface area contributed by atoms with Crippen LogP contribution in [0.1, 0.15) is 39.4 Å². The Labute approximate surface area is 180 Å². The lowest BCUT2D eigenvalue weighted by Gasteiger charge is -2.28. The molecule has 6 nitrogen and oxygen atoms in total. The molecule has 1 atom stereocenters. The minimum atomic E-state index is -0.0329. The molecule has 0 radical (unpaired) electrons. The fourth-order valence-corrected chi connectivity index (χ4v) is 3.90. The van der Waals surface area contributed by atoms with E-state index in [-0.39, 0.29) is 11.9 Å². The summed E-state index contributed by atoms with van der Waals surface area (Å²) in [5.74, 6) is 0.795. The summed E-state index contributed by atoms with van der Waals surface area (Å²) in [7, 11) is 0. The Morgan fingerprint density at radius 3 is 2.80 bits per heavy atom. The highest BCUT2D eigenvalue weighted by atomic mass is 35.5. The van der Waals surface area contributed by atoms with Gasteiger partial charge < -0.3 is 15.2 Å². The molecule has 2 aromatic carbocycles. The van der Waals surface area contributed by atoms with Gasteiger partial charge in [-0.05, 0) is 48.9 Å². The summed E-state index contributed by atoms with van der Waals surface area (Å²) in [5, 5.41) is 12.8. The summed E-state index contributed by atoms with van der Waals surface area (Å²) < 4.78 is 0. The van der Waals surface area contributed by atoms with Gasteiger partial charge in [-0.3, -0.25) is 4.79 Å². The number of nitrogens with zero attached hydrogens (tertiary/aromatic N) is 3. The number of halogens is 1. The first-order chi connectivity index (χ1) is 14.6. The molecule has 1 saturated heterocycles. The predicted molar refractivity (Wildman–Crippen MR) is 115 cm³/mol. The van der Waals surface area contributed by atoms with Gasteiger partial charge >= 0.3 is 0 Å². The third kappa shape index (κ3) is 4.70. The summed E-state index contributed by atoms with van der Waals surface area (Å²) in [6.45, 7) is 2.13. The Balaban J connectivity index is 1.50. The van der Waals surface area contributed by atoms with Gasteiger partial charge in [0.15, 0.2) is 0 Å². The largest absolute Gasteiger partial charge is 0.344 e. The second-order valence-electron chi connectivity index (χ2n) is 7.43. The number of benzene rings is 2. The number of aromatic amines is 1. The number of hydrogen-bond acceptors (Lipinski definition) is 4. The zero-order chi connectivity index (χ0) is 20.9. The molecule has 1 unspecified atom stereocenters. The fourth-order valence-electron chi connectivity index (χ4n) is 3.71. The predicted octanol–water partition coefficient (Wildman–Crippen LogP) is 3.53. The standard InChI is InChI=1S/C23H22ClN5O/c24-19-3-1-2-18(11-19)23(30)29(21-8-9-26-14-21)15-20-13-27-22(28-20)10-16-4-6-17(12-25)7-5-16/h1-7,11,13,21,26H,8-10,14-15H2,(H,27,28). The number of nitrogens with one attached hydrogen (secondary N) is 2. The van der Waals surface area contributed by atoms with Gasteiger partial charge in [0, 0.05) is 29.6 Å². The van der Waals surface area contributed by atoms with Crippen molar-refractivity contribution >= 4 is 17.5 Å². The molecule has 152 valence electrons. The van der Waals surface area contributed by atoms with Gasteiger partial charge in [-0.15, -0.1) is 0 Å². The van der Waals surface area contributed by atoms with Gasteiger partial charge in [0.2, 0.25) is 0 Å². The third-order valence-electron chi connectivity index (χ3n) is 5.28. The number of imidazole rings is 1. The molecule has 0 saturated carbocycles. The Morgan fingerprint density at radius 1 is 1.27 bits per heavy atom. The van der Waals surface area contributed by atoms with Gasteiger partial charge in [0.1, 0.15) is 5.82 Å². The van der Waals surface area contributed by atoms with Crippen molar-refractivity contribution < 1.29 is 4.79 Å². The number of H-pyrrole nitrogens is 1. The highest BCUT2D eigenvalue weighted by molar-refractivity contribution is 6.30. The maximum atomic E-state index is 13.2. The van der Waals surface area contributed by atoms with Crippen LogP contribution in [0.25, 0.3) is 0 Å². The molecule has 1 aromatic heterocycles. The average Bonchev–Trinajstić information content (AvgIpc) is 3.44. The van der Waals surface area contributed by atoms with Crippen LogP contribution in [-0.4, -0.2) is 39.9 Å². The van der Waals surface area contributed by atoms with E-state index in [1.807, 2.05) is 17.0 Å². The van der Waals surface area contributed by atoms with E-state index in [1.165, 1.54) is 0 Å². The van der Waals surface area contributed by atoms with E-state index in [9.17, 15) is 4.79 Å². The summed E-state index contributed by atoms with van der Waals surface area (Å²) >= 11 is 6.10. The van der Waals surface area contributed by atoms with Gasteiger partial charge in [-0.2, -0.15) is 5.26 Å². The van der Waals surface area contributed by atoms with Crippen LogP contribution < -0.4 is 5.32 Å². The van der Waals surface area contributed by atoms with E-state index >= 15 is 0 Å². The summed E-state index contributed by atoms with van der Waals surface area (Å²) in [6, 6.07) is 16.8. The van der Waals surface area contributed by atoms with Crippen molar-refractivity contribution in [3.63, 3.8) is 0 Å². The van der Waals surface area contributed by atoms with E-state index in [0.717, 1.165) is 36.6 Å². The van der Waals surface area contributed by atoms with Gasteiger partial charge in [0.25, 0.3) is 5.91 Å². The number of rotatable bonds is 6. The average molecular weight is 420 g/mol. The number of nitriles is 1. The molecule has 1 aliphatic heterocycles. The van der Waals surface area contributed by atoms with Crippen LogP contribution in [0.5, 0.6) is 0 Å². The van der Waals surface area contributed by atoms with Crippen molar-refractivity contribution in [3.8, 4) is 6.07 Å². The smallest absolute Gasteiger partial charge is 0.254 e. The first-order valence-corrected chi connectivity index (χ1v) is 10.3. The maximum absolute atomic E-state index is 13.2. The number of carbonyl (C=O) groups is 1. The Kier molecular flexibility index (Phi) is 6.12. The zero-order valence-electron chi connectivity index (χ0n) is 16.4. The lowest BCUT2D eigenvalue weighted by Crippen LogP contribution is -2.41. The monoisotopic (exact) mass is 419 g/mol. The van der Waals surface area contributed by atoms with Crippen molar-refractivity contribution in [2.45, 2.75) is 25.4 Å².